The van der Waals surface area contributed by atoms with E-state index in [1.807, 2.05) is 0 Å². The quantitative estimate of drug-likeness (QED) is 0.433. The van der Waals surface area contributed by atoms with E-state index in [1.54, 1.807) is 0 Å². The third-order valence-corrected chi connectivity index (χ3v) is 7.08. The molecule has 0 heterocycles. The molecule has 3 fully saturated rings. The van der Waals surface area contributed by atoms with Gasteiger partial charge in [-0.1, -0.05) is 31.8 Å². The Labute approximate surface area is 175 Å². The summed E-state index contributed by atoms with van der Waals surface area (Å²) in [4.78, 5) is 49.6. The van der Waals surface area contributed by atoms with Crippen LogP contribution in [0.3, 0.4) is 0 Å². The lowest BCUT2D eigenvalue weighted by molar-refractivity contribution is -0.316. The summed E-state index contributed by atoms with van der Waals surface area (Å²) in [5.74, 6) is -2.37. The highest BCUT2D eigenvalue weighted by molar-refractivity contribution is 6.27. The highest BCUT2D eigenvalue weighted by Crippen LogP contribution is 2.42. The van der Waals surface area contributed by atoms with Crippen LogP contribution in [-0.4, -0.2) is 23.3 Å². The van der Waals surface area contributed by atoms with E-state index in [1.165, 1.54) is 24.3 Å². The first-order valence-electron chi connectivity index (χ1n) is 10.8. The largest absolute Gasteiger partial charge is 0.875 e. The van der Waals surface area contributed by atoms with Gasteiger partial charge in [-0.25, -0.2) is 0 Å². The molecule has 3 saturated carbocycles. The van der Waals surface area contributed by atoms with Gasteiger partial charge in [0.2, 0.25) is 5.91 Å². The molecule has 0 aromatic rings. The van der Waals surface area contributed by atoms with Crippen LogP contribution in [0.5, 0.6) is 0 Å². The van der Waals surface area contributed by atoms with E-state index in [4.69, 9.17) is 5.73 Å². The maximum atomic E-state index is 12.6. The van der Waals surface area contributed by atoms with Crippen molar-refractivity contribution in [3.8, 4) is 0 Å². The van der Waals surface area contributed by atoms with Crippen LogP contribution >= 0.6 is 0 Å². The minimum absolute atomic E-state index is 0.0425. The van der Waals surface area contributed by atoms with Gasteiger partial charge in [0.1, 0.15) is 0 Å². The van der Waals surface area contributed by atoms with Gasteiger partial charge in [-0.2, -0.15) is 0 Å². The van der Waals surface area contributed by atoms with Crippen LogP contribution in [0.1, 0.15) is 51.4 Å². The number of Topliss-reactive ketones (excluding diaryl/α,β-unsaturated/α-hetero) is 3. The molecule has 1 amide bonds. The summed E-state index contributed by atoms with van der Waals surface area (Å²) in [7, 11) is 0. The van der Waals surface area contributed by atoms with Crippen molar-refractivity contribution in [3.05, 3.63) is 46.8 Å². The molecule has 4 aliphatic carbocycles. The Kier molecular flexibility index (Phi) is 5.58. The molecular weight excluding hydrogens is 382 g/mol. The summed E-state index contributed by atoms with van der Waals surface area (Å²) in [6, 6.07) is 0. The number of carbonyl (C=O) groups is 4. The molecule has 4 atom stereocenters. The number of hydrogen-bond donors (Lipinski definition) is 1. The minimum Gasteiger partial charge on any atom is -0.875 e. The first-order valence-corrected chi connectivity index (χ1v) is 10.8. The molecule has 0 saturated heterocycles. The van der Waals surface area contributed by atoms with Gasteiger partial charge in [-0.15, -0.1) is 5.76 Å². The number of hydrogen-bond acceptors (Lipinski definition) is 5. The number of ketones is 3. The predicted octanol–water partition coefficient (Wildman–Crippen LogP) is 1.84. The van der Waals surface area contributed by atoms with E-state index in [0.29, 0.717) is 0 Å². The molecule has 0 aromatic heterocycles. The Hall–Kier alpha value is -2.76. The third kappa shape index (κ3) is 3.48. The molecule has 0 spiro atoms. The molecule has 0 aliphatic heterocycles. The molecule has 6 heteroatoms. The van der Waals surface area contributed by atoms with Crippen molar-refractivity contribution >= 4 is 23.3 Å². The summed E-state index contributed by atoms with van der Waals surface area (Å²) in [5, 5.41) is 12.6. The molecule has 4 unspecified atom stereocenters. The summed E-state index contributed by atoms with van der Waals surface area (Å²) in [5.41, 5.74) is 5.72. The number of nitrogens with two attached hydrogens (primary N) is 1. The SMILES string of the molecule is NC(=O)C(C=CC1=C([O-])C2CCCCC2C1=O)=CC=C1C(=O)C2CCCCC2C1=O. The van der Waals surface area contributed by atoms with E-state index in [0.717, 1.165) is 51.4 Å². The molecule has 6 nitrogen and oxygen atoms in total. The molecule has 4 aliphatic rings. The van der Waals surface area contributed by atoms with Crippen LogP contribution in [0.4, 0.5) is 0 Å². The van der Waals surface area contributed by atoms with E-state index in [-0.39, 0.29) is 63.5 Å². The van der Waals surface area contributed by atoms with Crippen LogP contribution in [0.2, 0.25) is 0 Å². The fourth-order valence-corrected chi connectivity index (χ4v) is 5.45. The van der Waals surface area contributed by atoms with Gasteiger partial charge in [0.05, 0.1) is 5.57 Å². The van der Waals surface area contributed by atoms with Crippen LogP contribution in [-0.2, 0) is 19.2 Å². The van der Waals surface area contributed by atoms with Gasteiger partial charge in [0.15, 0.2) is 17.3 Å². The fraction of sp³-hybridized carbons (Fsp3) is 0.500. The standard InChI is InChI=1S/C24H27NO5/c25-24(30)13(9-11-18-20(26)14-5-1-2-6-15(14)21(18)27)10-12-19-22(28)16-7-3-4-8-17(16)23(19)29/h9-12,14-17,26H,1-8H2,(H2,25,30)/p-1. The molecule has 158 valence electrons. The summed E-state index contributed by atoms with van der Waals surface area (Å²) < 4.78 is 0. The smallest absolute Gasteiger partial charge is 0.248 e. The predicted molar refractivity (Wildman–Crippen MR) is 107 cm³/mol. The molecule has 30 heavy (non-hydrogen) atoms. The summed E-state index contributed by atoms with van der Waals surface area (Å²) >= 11 is 0. The number of allylic oxidation sites excluding steroid dienone is 6. The number of amides is 1. The maximum Gasteiger partial charge on any atom is 0.248 e. The Bertz CT molecular complexity index is 909. The third-order valence-electron chi connectivity index (χ3n) is 7.08. The highest BCUT2D eigenvalue weighted by atomic mass is 16.3. The van der Waals surface area contributed by atoms with Crippen molar-refractivity contribution in [2.45, 2.75) is 51.4 Å². The maximum absolute atomic E-state index is 12.6. The summed E-state index contributed by atoms with van der Waals surface area (Å²) in [6.07, 6.45) is 12.1. The zero-order valence-corrected chi connectivity index (χ0v) is 16.9. The van der Waals surface area contributed by atoms with Crippen molar-refractivity contribution < 1.29 is 24.3 Å². The number of fused-ring (bicyclic) bond motifs is 2. The molecule has 2 N–H and O–H groups in total. The average molecular weight is 408 g/mol. The number of primary amides is 1. The van der Waals surface area contributed by atoms with Crippen molar-refractivity contribution in [1.82, 2.24) is 0 Å². The lowest BCUT2D eigenvalue weighted by Crippen LogP contribution is -2.24. The number of rotatable bonds is 4. The Balaban J connectivity index is 1.58. The Morgan fingerprint density at radius 1 is 0.833 bits per heavy atom. The zero-order valence-electron chi connectivity index (χ0n) is 16.9. The number of carbonyl (C=O) groups excluding carboxylic acids is 4. The van der Waals surface area contributed by atoms with Crippen molar-refractivity contribution in [1.29, 1.82) is 0 Å². The minimum atomic E-state index is -0.755. The second-order valence-corrected chi connectivity index (χ2v) is 8.77. The topological polar surface area (TPSA) is 117 Å². The van der Waals surface area contributed by atoms with E-state index in [2.05, 4.69) is 0 Å². The van der Waals surface area contributed by atoms with Gasteiger partial charge in [0.25, 0.3) is 0 Å². The van der Waals surface area contributed by atoms with Crippen molar-refractivity contribution in [2.24, 2.45) is 29.4 Å². The molecule has 0 radical (unpaired) electrons. The lowest BCUT2D eigenvalue weighted by Gasteiger charge is -2.28. The van der Waals surface area contributed by atoms with E-state index >= 15 is 0 Å². The van der Waals surface area contributed by atoms with Crippen molar-refractivity contribution in [2.75, 3.05) is 0 Å². The van der Waals surface area contributed by atoms with Gasteiger partial charge in [-0.05, 0) is 49.8 Å². The van der Waals surface area contributed by atoms with Crippen LogP contribution in [0, 0.1) is 23.7 Å². The second-order valence-electron chi connectivity index (χ2n) is 8.77. The van der Waals surface area contributed by atoms with Gasteiger partial charge in [-0.3, -0.25) is 19.2 Å². The van der Waals surface area contributed by atoms with E-state index in [9.17, 15) is 24.3 Å². The molecular formula is C24H26NO5-. The van der Waals surface area contributed by atoms with Crippen LogP contribution in [0.25, 0.3) is 0 Å². The normalized spacial score (nSPS) is 32.1. The molecule has 4 rings (SSSR count). The Morgan fingerprint density at radius 3 is 1.83 bits per heavy atom. The summed E-state index contributed by atoms with van der Waals surface area (Å²) in [6.45, 7) is 0. The van der Waals surface area contributed by atoms with Crippen LogP contribution < -0.4 is 10.8 Å². The monoisotopic (exact) mass is 408 g/mol. The first-order chi connectivity index (χ1) is 14.4. The van der Waals surface area contributed by atoms with E-state index < -0.39 is 5.91 Å². The lowest BCUT2D eigenvalue weighted by atomic mass is 9.80. The van der Waals surface area contributed by atoms with Gasteiger partial charge in [0, 0.05) is 28.9 Å². The zero-order chi connectivity index (χ0) is 21.4. The molecule has 0 bridgehead atoms. The average Bonchev–Trinajstić information content (AvgIpc) is 3.14. The molecule has 0 aromatic carbocycles. The first kappa shape index (κ1) is 20.5. The van der Waals surface area contributed by atoms with Gasteiger partial charge < -0.3 is 10.8 Å². The highest BCUT2D eigenvalue weighted by Gasteiger charge is 2.45. The van der Waals surface area contributed by atoms with Gasteiger partial charge >= 0.3 is 0 Å². The fourth-order valence-electron chi connectivity index (χ4n) is 5.45. The second kappa shape index (κ2) is 8.17. The Morgan fingerprint density at radius 2 is 1.33 bits per heavy atom. The van der Waals surface area contributed by atoms with Crippen molar-refractivity contribution in [3.63, 3.8) is 0 Å². The van der Waals surface area contributed by atoms with Crippen LogP contribution in [0.15, 0.2) is 46.8 Å².